The average Bonchev–Trinajstić information content (AvgIpc) is 2.87. The first-order valence-electron chi connectivity index (χ1n) is 5.79. The molecule has 2 aromatic rings. The van der Waals surface area contributed by atoms with Crippen LogP contribution in [-0.2, 0) is 16.6 Å². The maximum absolute atomic E-state index is 11.8. The van der Waals surface area contributed by atoms with Gasteiger partial charge < -0.3 is 9.15 Å². The van der Waals surface area contributed by atoms with E-state index in [1.54, 1.807) is 6.07 Å². The Balaban J connectivity index is 2.05. The summed E-state index contributed by atoms with van der Waals surface area (Å²) >= 11 is 3.33. The summed E-state index contributed by atoms with van der Waals surface area (Å²) in [6.45, 7) is 0.171. The largest absolute Gasteiger partial charge is 0.486 e. The van der Waals surface area contributed by atoms with Crippen LogP contribution in [-0.4, -0.2) is 26.8 Å². The first-order valence-corrected chi connectivity index (χ1v) is 8.02. The average molecular weight is 360 g/mol. The van der Waals surface area contributed by atoms with Crippen molar-refractivity contribution in [3.05, 3.63) is 46.6 Å². The Labute approximate surface area is 126 Å². The molecule has 0 spiro atoms. The summed E-state index contributed by atoms with van der Waals surface area (Å²) in [5.74, 6) is 1.13. The van der Waals surface area contributed by atoms with Crippen LogP contribution < -0.4 is 4.74 Å². The Morgan fingerprint density at radius 2 is 1.80 bits per heavy atom. The van der Waals surface area contributed by atoms with Crippen molar-refractivity contribution in [2.75, 3.05) is 14.1 Å². The molecular formula is C13H14BrNO4S. The minimum Gasteiger partial charge on any atom is -0.486 e. The predicted octanol–water partition coefficient (Wildman–Crippen LogP) is 2.87. The van der Waals surface area contributed by atoms with Gasteiger partial charge in [0.15, 0.2) is 0 Å². The fourth-order valence-electron chi connectivity index (χ4n) is 1.44. The normalized spacial score (nSPS) is 11.8. The molecule has 0 atom stereocenters. The van der Waals surface area contributed by atoms with E-state index in [0.29, 0.717) is 11.5 Å². The summed E-state index contributed by atoms with van der Waals surface area (Å²) in [5.41, 5.74) is 0. The van der Waals surface area contributed by atoms with Crippen molar-refractivity contribution >= 4 is 26.0 Å². The van der Waals surface area contributed by atoms with Gasteiger partial charge in [0, 0.05) is 18.6 Å². The van der Waals surface area contributed by atoms with Gasteiger partial charge in [-0.15, -0.1) is 0 Å². The number of furan rings is 1. The molecule has 108 valence electrons. The highest BCUT2D eigenvalue weighted by molar-refractivity contribution is 9.10. The van der Waals surface area contributed by atoms with E-state index in [0.717, 1.165) is 8.78 Å². The summed E-state index contributed by atoms with van der Waals surface area (Å²) in [7, 11) is -0.631. The molecule has 0 amide bonds. The lowest BCUT2D eigenvalue weighted by atomic mass is 10.3. The van der Waals surface area contributed by atoms with Gasteiger partial charge >= 0.3 is 0 Å². The summed E-state index contributed by atoms with van der Waals surface area (Å²) in [5, 5.41) is -0.0862. The molecule has 0 aliphatic rings. The summed E-state index contributed by atoms with van der Waals surface area (Å²) in [4.78, 5) is 0. The van der Waals surface area contributed by atoms with Crippen LogP contribution in [0.2, 0.25) is 0 Å². The Bertz CT molecular complexity index is 677. The Morgan fingerprint density at radius 3 is 2.40 bits per heavy atom. The molecule has 1 aromatic heterocycles. The van der Waals surface area contributed by atoms with Gasteiger partial charge in [0.2, 0.25) is 5.09 Å². The van der Waals surface area contributed by atoms with Crippen molar-refractivity contribution in [3.63, 3.8) is 0 Å². The lowest BCUT2D eigenvalue weighted by molar-refractivity contribution is 0.256. The molecule has 0 saturated carbocycles. The van der Waals surface area contributed by atoms with Gasteiger partial charge in [0.05, 0.1) is 0 Å². The van der Waals surface area contributed by atoms with Crippen LogP contribution in [0.15, 0.2) is 50.4 Å². The smallest absolute Gasteiger partial charge is 0.275 e. The molecule has 0 fully saturated rings. The second-order valence-electron chi connectivity index (χ2n) is 4.25. The first-order chi connectivity index (χ1) is 9.39. The van der Waals surface area contributed by atoms with E-state index < -0.39 is 10.0 Å². The highest BCUT2D eigenvalue weighted by atomic mass is 79.9. The number of hydrogen-bond donors (Lipinski definition) is 0. The number of hydrogen-bond acceptors (Lipinski definition) is 4. The fourth-order valence-corrected chi connectivity index (χ4v) is 2.52. The van der Waals surface area contributed by atoms with Crippen molar-refractivity contribution in [1.29, 1.82) is 0 Å². The number of nitrogens with zero attached hydrogens (tertiary/aromatic N) is 1. The second-order valence-corrected chi connectivity index (χ2v) is 7.25. The maximum Gasteiger partial charge on any atom is 0.275 e. The van der Waals surface area contributed by atoms with Crippen molar-refractivity contribution < 1.29 is 17.6 Å². The van der Waals surface area contributed by atoms with E-state index in [-0.39, 0.29) is 11.7 Å². The number of ether oxygens (including phenoxy) is 1. The van der Waals surface area contributed by atoms with Crippen molar-refractivity contribution in [3.8, 4) is 5.75 Å². The van der Waals surface area contributed by atoms with Crippen molar-refractivity contribution in [2.24, 2.45) is 0 Å². The van der Waals surface area contributed by atoms with Gasteiger partial charge in [-0.1, -0.05) is 15.9 Å². The van der Waals surface area contributed by atoms with E-state index in [2.05, 4.69) is 15.9 Å². The van der Waals surface area contributed by atoms with E-state index in [1.807, 2.05) is 24.3 Å². The van der Waals surface area contributed by atoms with E-state index in [4.69, 9.17) is 9.15 Å². The number of benzene rings is 1. The van der Waals surface area contributed by atoms with Crippen LogP contribution in [0.25, 0.3) is 0 Å². The lowest BCUT2D eigenvalue weighted by Crippen LogP contribution is -2.21. The third-order valence-electron chi connectivity index (χ3n) is 2.57. The molecule has 0 aliphatic heterocycles. The summed E-state index contributed by atoms with van der Waals surface area (Å²) in [6, 6.07) is 10.4. The second kappa shape index (κ2) is 5.99. The SMILES string of the molecule is CN(C)S(=O)(=O)c1ccc(COc2ccc(Br)cc2)o1. The minimum absolute atomic E-state index is 0.0862. The van der Waals surface area contributed by atoms with Gasteiger partial charge in [-0.25, -0.2) is 12.7 Å². The van der Waals surface area contributed by atoms with E-state index in [9.17, 15) is 8.42 Å². The van der Waals surface area contributed by atoms with Crippen LogP contribution in [0, 0.1) is 0 Å². The highest BCUT2D eigenvalue weighted by Crippen LogP contribution is 2.20. The van der Waals surface area contributed by atoms with Gasteiger partial charge in [-0.3, -0.25) is 0 Å². The molecule has 0 bridgehead atoms. The Kier molecular flexibility index (Phi) is 4.52. The highest BCUT2D eigenvalue weighted by Gasteiger charge is 2.21. The lowest BCUT2D eigenvalue weighted by Gasteiger charge is -2.08. The molecule has 1 aromatic carbocycles. The molecule has 7 heteroatoms. The standard InChI is InChI=1S/C13H14BrNO4S/c1-15(2)20(16,17)13-8-7-12(19-13)9-18-11-5-3-10(14)4-6-11/h3-8H,9H2,1-2H3. The van der Waals surface area contributed by atoms with Gasteiger partial charge in [-0.05, 0) is 36.4 Å². The quantitative estimate of drug-likeness (QED) is 0.823. The number of rotatable bonds is 5. The summed E-state index contributed by atoms with van der Waals surface area (Å²) in [6.07, 6.45) is 0. The van der Waals surface area contributed by atoms with Crippen LogP contribution in [0.3, 0.4) is 0 Å². The molecular weight excluding hydrogens is 346 g/mol. The molecule has 0 saturated heterocycles. The van der Waals surface area contributed by atoms with Crippen LogP contribution in [0.4, 0.5) is 0 Å². The first kappa shape index (κ1) is 15.1. The molecule has 2 rings (SSSR count). The van der Waals surface area contributed by atoms with Gasteiger partial charge in [0.25, 0.3) is 10.0 Å². The van der Waals surface area contributed by atoms with Gasteiger partial charge in [0.1, 0.15) is 18.1 Å². The zero-order valence-corrected chi connectivity index (χ0v) is 13.4. The molecule has 0 N–H and O–H groups in total. The third kappa shape index (κ3) is 3.41. The predicted molar refractivity (Wildman–Crippen MR) is 78.1 cm³/mol. The zero-order chi connectivity index (χ0) is 14.8. The number of halogens is 1. The Morgan fingerprint density at radius 1 is 1.15 bits per heavy atom. The van der Waals surface area contributed by atoms with Crippen LogP contribution in [0.1, 0.15) is 5.76 Å². The zero-order valence-electron chi connectivity index (χ0n) is 11.0. The topological polar surface area (TPSA) is 59.8 Å². The van der Waals surface area contributed by atoms with E-state index >= 15 is 0 Å². The third-order valence-corrected chi connectivity index (χ3v) is 4.78. The molecule has 20 heavy (non-hydrogen) atoms. The van der Waals surface area contributed by atoms with Crippen LogP contribution in [0.5, 0.6) is 5.75 Å². The molecule has 0 unspecified atom stereocenters. The van der Waals surface area contributed by atoms with Crippen LogP contribution >= 0.6 is 15.9 Å². The fraction of sp³-hybridized carbons (Fsp3) is 0.231. The minimum atomic E-state index is -3.54. The summed E-state index contributed by atoms with van der Waals surface area (Å²) < 4.78 is 36.6. The van der Waals surface area contributed by atoms with Gasteiger partial charge in [-0.2, -0.15) is 0 Å². The molecule has 0 aliphatic carbocycles. The Hall–Kier alpha value is -1.31. The maximum atomic E-state index is 11.8. The molecule has 5 nitrogen and oxygen atoms in total. The van der Waals surface area contributed by atoms with Crippen molar-refractivity contribution in [2.45, 2.75) is 11.7 Å². The number of sulfonamides is 1. The monoisotopic (exact) mass is 359 g/mol. The van der Waals surface area contributed by atoms with E-state index in [1.165, 1.54) is 20.2 Å². The molecule has 1 heterocycles. The molecule has 0 radical (unpaired) electrons. The van der Waals surface area contributed by atoms with Crippen molar-refractivity contribution in [1.82, 2.24) is 4.31 Å².